The molecular weight excluding hydrogens is 433 g/mol. The van der Waals surface area contributed by atoms with Gasteiger partial charge < -0.3 is 15.0 Å². The van der Waals surface area contributed by atoms with E-state index in [0.29, 0.717) is 4.68 Å². The Morgan fingerprint density at radius 1 is 1.25 bits per heavy atom. The summed E-state index contributed by atoms with van der Waals surface area (Å²) in [5, 5.41) is 7.48. The van der Waals surface area contributed by atoms with Gasteiger partial charge in [0.15, 0.2) is 0 Å². The molecule has 1 aromatic carbocycles. The maximum Gasteiger partial charge on any atom is 0.322 e. The number of benzene rings is 1. The first kappa shape index (κ1) is 15.8. The summed E-state index contributed by atoms with van der Waals surface area (Å²) in [5.41, 5.74) is 0.892. The molecular formula is C22H25ClFN7O. The number of rotatable bonds is 6. The number of fused-ring (bicyclic) bond motifs is 2. The first-order valence-electron chi connectivity index (χ1n) is 12.8. The molecule has 1 saturated heterocycles. The SMILES string of the molecule is [2H]C([2H])([2H])C([2H])([2H])n1nc(NC2C3CCC2CN(c2cc(C)ncn2)C3)nc1Oc1cc(F)cc(Cl)c1. The Balaban J connectivity index is 1.41. The van der Waals surface area contributed by atoms with Crippen LogP contribution in [-0.2, 0) is 6.50 Å². The highest BCUT2D eigenvalue weighted by Gasteiger charge is 2.43. The van der Waals surface area contributed by atoms with E-state index >= 15 is 0 Å². The van der Waals surface area contributed by atoms with Crippen molar-refractivity contribution in [1.82, 2.24) is 24.7 Å². The van der Waals surface area contributed by atoms with Crippen molar-refractivity contribution in [3.8, 4) is 11.8 Å². The molecule has 2 bridgehead atoms. The van der Waals surface area contributed by atoms with Gasteiger partial charge in [-0.15, -0.1) is 5.10 Å². The van der Waals surface area contributed by atoms with Crippen molar-refractivity contribution in [1.29, 1.82) is 0 Å². The standard InChI is InChI=1S/C22H25ClFN7O/c1-3-31-22(32-18-8-16(23)7-17(24)9-18)28-21(29-31)27-20-14-4-5-15(20)11-30(10-14)19-6-13(2)25-12-26-19/h6-9,12,14-15,20H,3-5,10-11H2,1-2H3,(H,27,29)/i1D3,3D2. The lowest BCUT2D eigenvalue weighted by Crippen LogP contribution is -2.48. The average molecular weight is 463 g/mol. The van der Waals surface area contributed by atoms with Crippen molar-refractivity contribution in [2.24, 2.45) is 11.8 Å². The number of ether oxygens (including phenoxy) is 1. The van der Waals surface area contributed by atoms with E-state index in [1.807, 2.05) is 13.0 Å². The molecule has 5 rings (SSSR count). The van der Waals surface area contributed by atoms with Crippen LogP contribution < -0.4 is 15.0 Å². The second kappa shape index (κ2) is 8.54. The summed E-state index contributed by atoms with van der Waals surface area (Å²) in [5.74, 6) is 0.644. The van der Waals surface area contributed by atoms with Crippen LogP contribution in [0.15, 0.2) is 30.6 Å². The Morgan fingerprint density at radius 3 is 2.78 bits per heavy atom. The van der Waals surface area contributed by atoms with Crippen molar-refractivity contribution in [2.75, 3.05) is 23.3 Å². The number of aryl methyl sites for hydroxylation is 2. The maximum absolute atomic E-state index is 13.8. The van der Waals surface area contributed by atoms with Crippen LogP contribution >= 0.6 is 11.6 Å². The predicted octanol–water partition coefficient (Wildman–Crippen LogP) is 4.31. The molecule has 1 saturated carbocycles. The third-order valence-corrected chi connectivity index (χ3v) is 6.19. The summed E-state index contributed by atoms with van der Waals surface area (Å²) in [6, 6.07) is 4.94. The zero-order valence-corrected chi connectivity index (χ0v) is 18.1. The minimum Gasteiger partial charge on any atom is -0.424 e. The van der Waals surface area contributed by atoms with Gasteiger partial charge in [0.1, 0.15) is 23.7 Å². The van der Waals surface area contributed by atoms with Crippen LogP contribution in [0.4, 0.5) is 16.2 Å². The van der Waals surface area contributed by atoms with Crippen LogP contribution in [0.25, 0.3) is 0 Å². The van der Waals surface area contributed by atoms with E-state index in [0.717, 1.165) is 49.6 Å². The molecule has 2 aliphatic rings. The summed E-state index contributed by atoms with van der Waals surface area (Å²) in [7, 11) is 0. The predicted molar refractivity (Wildman–Crippen MR) is 120 cm³/mol. The van der Waals surface area contributed by atoms with Crippen LogP contribution in [0.2, 0.25) is 5.02 Å². The topological polar surface area (TPSA) is 81.0 Å². The Hall–Kier alpha value is -2.94. The van der Waals surface area contributed by atoms with Gasteiger partial charge in [-0.1, -0.05) is 11.6 Å². The number of hydrogen-bond donors (Lipinski definition) is 1. The third kappa shape index (κ3) is 4.21. The van der Waals surface area contributed by atoms with E-state index in [9.17, 15) is 4.39 Å². The van der Waals surface area contributed by atoms with Gasteiger partial charge in [-0.2, -0.15) is 4.98 Å². The third-order valence-electron chi connectivity index (χ3n) is 5.97. The van der Waals surface area contributed by atoms with Gasteiger partial charge in [-0.25, -0.2) is 19.0 Å². The highest BCUT2D eigenvalue weighted by atomic mass is 35.5. The molecule has 32 heavy (non-hydrogen) atoms. The number of nitrogens with zero attached hydrogens (tertiary/aromatic N) is 6. The van der Waals surface area contributed by atoms with Crippen molar-refractivity contribution < 1.29 is 16.0 Å². The lowest BCUT2D eigenvalue weighted by molar-refractivity contribution is 0.374. The Morgan fingerprint density at radius 2 is 2.06 bits per heavy atom. The highest BCUT2D eigenvalue weighted by Crippen LogP contribution is 2.39. The second-order valence-electron chi connectivity index (χ2n) is 8.14. The number of aromatic nitrogens is 5. The number of hydrogen-bond acceptors (Lipinski definition) is 7. The molecule has 0 radical (unpaired) electrons. The second-order valence-corrected chi connectivity index (χ2v) is 8.58. The van der Waals surface area contributed by atoms with Crippen LogP contribution in [-0.4, -0.2) is 43.9 Å². The molecule has 10 heteroatoms. The summed E-state index contributed by atoms with van der Waals surface area (Å²) < 4.78 is 59.4. The van der Waals surface area contributed by atoms with E-state index in [2.05, 4.69) is 30.3 Å². The summed E-state index contributed by atoms with van der Waals surface area (Å²) in [6.45, 7) is -2.58. The normalized spacial score (nSPS) is 25.4. The quantitative estimate of drug-likeness (QED) is 0.584. The molecule has 3 aromatic rings. The van der Waals surface area contributed by atoms with Crippen molar-refractivity contribution in [2.45, 2.75) is 39.2 Å². The van der Waals surface area contributed by atoms with Gasteiger partial charge in [0.25, 0.3) is 0 Å². The zero-order chi connectivity index (χ0) is 26.5. The molecule has 168 valence electrons. The molecule has 1 N–H and O–H groups in total. The molecule has 2 atom stereocenters. The van der Waals surface area contributed by atoms with E-state index in [1.165, 1.54) is 6.07 Å². The first-order chi connectivity index (χ1) is 17.4. The van der Waals surface area contributed by atoms with Gasteiger partial charge in [-0.3, -0.25) is 0 Å². The van der Waals surface area contributed by atoms with E-state index in [-0.39, 0.29) is 34.6 Å². The minimum atomic E-state index is -3.07. The lowest BCUT2D eigenvalue weighted by Gasteiger charge is -2.38. The molecule has 2 aromatic heterocycles. The van der Waals surface area contributed by atoms with Crippen LogP contribution in [0, 0.1) is 24.6 Å². The smallest absolute Gasteiger partial charge is 0.322 e. The summed E-state index contributed by atoms with van der Waals surface area (Å²) in [6.07, 6.45) is 3.51. The van der Waals surface area contributed by atoms with Crippen molar-refractivity contribution >= 4 is 23.4 Å². The molecule has 1 aliphatic heterocycles. The molecule has 2 fully saturated rings. The average Bonchev–Trinajstić information content (AvgIpc) is 3.28. The summed E-state index contributed by atoms with van der Waals surface area (Å²) in [4.78, 5) is 15.1. The molecule has 8 nitrogen and oxygen atoms in total. The fourth-order valence-corrected chi connectivity index (χ4v) is 4.81. The Labute approximate surface area is 197 Å². The molecule has 2 unspecified atom stereocenters. The fraction of sp³-hybridized carbons (Fsp3) is 0.455. The van der Waals surface area contributed by atoms with E-state index in [4.69, 9.17) is 23.2 Å². The van der Waals surface area contributed by atoms with Gasteiger partial charge in [0, 0.05) is 52.6 Å². The number of piperidine rings is 1. The minimum absolute atomic E-state index is 0.00914. The number of nitrogens with one attached hydrogen (secondary N) is 1. The molecule has 0 amide bonds. The van der Waals surface area contributed by atoms with Crippen LogP contribution in [0.3, 0.4) is 0 Å². The van der Waals surface area contributed by atoms with Gasteiger partial charge in [0.2, 0.25) is 5.95 Å². The molecule has 0 spiro atoms. The maximum atomic E-state index is 13.8. The first-order valence-corrected chi connectivity index (χ1v) is 10.7. The van der Waals surface area contributed by atoms with E-state index in [1.54, 1.807) is 6.33 Å². The van der Waals surface area contributed by atoms with Gasteiger partial charge in [-0.05, 0) is 50.6 Å². The van der Waals surface area contributed by atoms with Crippen molar-refractivity contribution in [3.05, 3.63) is 47.1 Å². The van der Waals surface area contributed by atoms with Gasteiger partial charge >= 0.3 is 6.01 Å². The fourth-order valence-electron chi connectivity index (χ4n) is 4.60. The molecule has 3 heterocycles. The monoisotopic (exact) mass is 462 g/mol. The van der Waals surface area contributed by atoms with Crippen LogP contribution in [0.5, 0.6) is 11.8 Å². The zero-order valence-electron chi connectivity index (χ0n) is 22.3. The lowest BCUT2D eigenvalue weighted by atomic mass is 9.92. The Bertz CT molecular complexity index is 1270. The Kier molecular flexibility index (Phi) is 4.21. The van der Waals surface area contributed by atoms with Gasteiger partial charge in [0.05, 0.1) is 2.74 Å². The largest absolute Gasteiger partial charge is 0.424 e. The van der Waals surface area contributed by atoms with E-state index < -0.39 is 25.2 Å². The summed E-state index contributed by atoms with van der Waals surface area (Å²) >= 11 is 5.91. The highest BCUT2D eigenvalue weighted by molar-refractivity contribution is 6.30. The molecule has 1 aliphatic carbocycles. The number of anilines is 2. The van der Waals surface area contributed by atoms with Crippen molar-refractivity contribution in [3.63, 3.8) is 0 Å². The van der Waals surface area contributed by atoms with Crippen LogP contribution in [0.1, 0.15) is 32.2 Å². The number of halogens is 2.